The largest absolute Gasteiger partial charge is 0.341 e. The van der Waals surface area contributed by atoms with Crippen LogP contribution in [-0.4, -0.2) is 53.4 Å². The smallest absolute Gasteiger partial charge is 0.314 e. The molecule has 0 aromatic rings. The van der Waals surface area contributed by atoms with Crippen LogP contribution >= 0.6 is 0 Å². The maximum Gasteiger partial charge on any atom is 0.314 e. The number of hydrogen-bond acceptors (Lipinski definition) is 4. The summed E-state index contributed by atoms with van der Waals surface area (Å²) in [6, 6.07) is -0.315. The van der Waals surface area contributed by atoms with E-state index in [1.807, 2.05) is 13.8 Å². The third-order valence-corrected chi connectivity index (χ3v) is 1.000. The number of amides is 4. The molecule has 0 spiro atoms. The van der Waals surface area contributed by atoms with Crippen LogP contribution in [0, 0.1) is 0 Å². The molecule has 19 heavy (non-hydrogen) atoms. The molecule has 0 atom stereocenters. The number of nitrogens with zero attached hydrogens (tertiary/aromatic N) is 1. The van der Waals surface area contributed by atoms with Gasteiger partial charge in [0.1, 0.15) is 0 Å². The molecule has 0 aliphatic heterocycles. The van der Waals surface area contributed by atoms with Crippen LogP contribution in [0.3, 0.4) is 0 Å². The van der Waals surface area contributed by atoms with Crippen molar-refractivity contribution in [2.45, 2.75) is 21.3 Å². The highest BCUT2D eigenvalue weighted by molar-refractivity contribution is 5.73. The molecule has 4 N–H and O–H groups in total. The molecule has 8 nitrogen and oxygen atoms in total. The van der Waals surface area contributed by atoms with Crippen molar-refractivity contribution >= 4 is 18.1 Å². The molecule has 0 radical (unpaired) electrons. The van der Waals surface area contributed by atoms with Gasteiger partial charge in [0.2, 0.25) is 6.08 Å². The molecule has 0 aliphatic rings. The van der Waals surface area contributed by atoms with Gasteiger partial charge in [-0.2, -0.15) is 0 Å². The van der Waals surface area contributed by atoms with Gasteiger partial charge in [-0.05, 0) is 0 Å². The Bertz CT molecular complexity index is 200. The van der Waals surface area contributed by atoms with E-state index in [9.17, 15) is 9.59 Å². The lowest BCUT2D eigenvalue weighted by molar-refractivity contribution is 0.244. The number of isocyanates is 1. The molecular formula is C11H29N5O3. The van der Waals surface area contributed by atoms with E-state index < -0.39 is 0 Å². The number of carbonyl (C=O) groups is 2. The van der Waals surface area contributed by atoms with E-state index in [1.165, 1.54) is 13.1 Å². The molecule has 4 amide bonds. The summed E-state index contributed by atoms with van der Waals surface area (Å²) in [6.45, 7) is 4.00. The fourth-order valence-corrected chi connectivity index (χ4v) is 0.250. The number of rotatable bonds is 0. The minimum atomic E-state index is -0.157. The molecule has 0 heterocycles. The number of aliphatic imine (C=N–C) groups is 1. The fourth-order valence-electron chi connectivity index (χ4n) is 0.250. The molecule has 116 valence electrons. The first-order valence-corrected chi connectivity index (χ1v) is 5.28. The van der Waals surface area contributed by atoms with Crippen molar-refractivity contribution in [2.24, 2.45) is 4.99 Å². The zero-order valence-electron chi connectivity index (χ0n) is 12.2. The number of urea groups is 2. The van der Waals surface area contributed by atoms with Gasteiger partial charge in [-0.15, -0.1) is 0 Å². The predicted molar refractivity (Wildman–Crippen MR) is 79.2 cm³/mol. The topological polar surface area (TPSA) is 112 Å². The van der Waals surface area contributed by atoms with E-state index in [2.05, 4.69) is 26.3 Å². The van der Waals surface area contributed by atoms with Crippen LogP contribution in [0.25, 0.3) is 0 Å². The summed E-state index contributed by atoms with van der Waals surface area (Å²) >= 11 is 0. The highest BCUT2D eigenvalue weighted by Gasteiger charge is 1.82. The third kappa shape index (κ3) is 64.4. The SMILES string of the molecule is C.CC.CN=C=O.CNC(=O)NC.CNC(=O)NC. The summed E-state index contributed by atoms with van der Waals surface area (Å²) in [5.41, 5.74) is 0. The van der Waals surface area contributed by atoms with Crippen LogP contribution in [0.4, 0.5) is 9.59 Å². The Hall–Kier alpha value is -2.08. The Morgan fingerprint density at radius 1 is 0.842 bits per heavy atom. The normalized spacial score (nSPS) is 5.63. The van der Waals surface area contributed by atoms with E-state index in [4.69, 9.17) is 4.79 Å². The van der Waals surface area contributed by atoms with Crippen LogP contribution in [0.15, 0.2) is 4.99 Å². The number of carbonyl (C=O) groups excluding carboxylic acids is 3. The number of hydrogen-bond donors (Lipinski definition) is 4. The monoisotopic (exact) mass is 279 g/mol. The standard InChI is InChI=1S/2C3H8N2O.C2H3NO.C2H6.CH4/c2*1-4-3(6)5-2;1-3-2-4;1-2;/h2*1-2H3,(H2,4,5,6);1H3;1-2H3;1H4. The molecule has 0 saturated carbocycles. The summed E-state index contributed by atoms with van der Waals surface area (Å²) in [5.74, 6) is 0. The predicted octanol–water partition coefficient (Wildman–Crippen LogP) is 0.705. The van der Waals surface area contributed by atoms with E-state index in [0.717, 1.165) is 0 Å². The molecule has 0 rings (SSSR count). The van der Waals surface area contributed by atoms with Gasteiger partial charge < -0.3 is 21.3 Å². The maximum atomic E-state index is 9.96. The van der Waals surface area contributed by atoms with Crippen molar-refractivity contribution < 1.29 is 14.4 Å². The molecular weight excluding hydrogens is 250 g/mol. The molecule has 0 aliphatic carbocycles. The molecule has 0 aromatic carbocycles. The van der Waals surface area contributed by atoms with Crippen LogP contribution in [-0.2, 0) is 4.79 Å². The minimum absolute atomic E-state index is 0. The highest BCUT2D eigenvalue weighted by atomic mass is 16.2. The van der Waals surface area contributed by atoms with E-state index in [-0.39, 0.29) is 19.5 Å². The summed E-state index contributed by atoms with van der Waals surface area (Å²) in [6.07, 6.45) is 1.31. The van der Waals surface area contributed by atoms with Gasteiger partial charge in [0.25, 0.3) is 0 Å². The molecule has 0 unspecified atom stereocenters. The highest BCUT2D eigenvalue weighted by Crippen LogP contribution is 1.49. The van der Waals surface area contributed by atoms with E-state index in [0.29, 0.717) is 0 Å². The summed E-state index contributed by atoms with van der Waals surface area (Å²) in [4.78, 5) is 31.7. The zero-order valence-corrected chi connectivity index (χ0v) is 12.2. The van der Waals surface area contributed by atoms with Crippen LogP contribution in [0.5, 0.6) is 0 Å². The van der Waals surface area contributed by atoms with Crippen LogP contribution in [0.1, 0.15) is 21.3 Å². The van der Waals surface area contributed by atoms with Crippen molar-refractivity contribution in [1.82, 2.24) is 21.3 Å². The van der Waals surface area contributed by atoms with E-state index >= 15 is 0 Å². The average molecular weight is 279 g/mol. The second-order valence-corrected chi connectivity index (χ2v) is 1.97. The van der Waals surface area contributed by atoms with Crippen LogP contribution in [0.2, 0.25) is 0 Å². The minimum Gasteiger partial charge on any atom is -0.341 e. The second-order valence-electron chi connectivity index (χ2n) is 1.97. The lowest BCUT2D eigenvalue weighted by atomic mass is 11.0. The van der Waals surface area contributed by atoms with Gasteiger partial charge in [-0.1, -0.05) is 21.3 Å². The molecule has 8 heteroatoms. The summed E-state index contributed by atoms with van der Waals surface area (Å²) in [5, 5.41) is 9.46. The van der Waals surface area contributed by atoms with Gasteiger partial charge in [-0.3, -0.25) is 0 Å². The zero-order chi connectivity index (χ0) is 15.4. The van der Waals surface area contributed by atoms with Crippen molar-refractivity contribution in [3.8, 4) is 0 Å². The lowest BCUT2D eigenvalue weighted by Gasteiger charge is -1.91. The van der Waals surface area contributed by atoms with Crippen molar-refractivity contribution in [3.05, 3.63) is 0 Å². The molecule has 0 aromatic heterocycles. The Morgan fingerprint density at radius 3 is 1.00 bits per heavy atom. The van der Waals surface area contributed by atoms with Gasteiger partial charge in [0, 0.05) is 35.2 Å². The van der Waals surface area contributed by atoms with Gasteiger partial charge in [0.05, 0.1) is 0 Å². The maximum absolute atomic E-state index is 9.96. The summed E-state index contributed by atoms with van der Waals surface area (Å²) < 4.78 is 0. The number of nitrogens with one attached hydrogen (secondary N) is 4. The molecule has 0 fully saturated rings. The Labute approximate surface area is 116 Å². The fraction of sp³-hybridized carbons (Fsp3) is 0.727. The van der Waals surface area contributed by atoms with Crippen molar-refractivity contribution in [3.63, 3.8) is 0 Å². The van der Waals surface area contributed by atoms with Gasteiger partial charge in [0.15, 0.2) is 0 Å². The molecule has 0 saturated heterocycles. The molecule has 0 bridgehead atoms. The van der Waals surface area contributed by atoms with Crippen LogP contribution < -0.4 is 21.3 Å². The third-order valence-electron chi connectivity index (χ3n) is 1.000. The Kier molecular flexibility index (Phi) is 57.2. The Balaban J connectivity index is -0.0000000480. The van der Waals surface area contributed by atoms with Crippen molar-refractivity contribution in [2.75, 3.05) is 35.2 Å². The Morgan fingerprint density at radius 2 is 1.00 bits per heavy atom. The average Bonchev–Trinajstić information content (AvgIpc) is 2.48. The first-order chi connectivity index (χ1) is 8.53. The lowest BCUT2D eigenvalue weighted by Crippen LogP contribution is -2.28. The van der Waals surface area contributed by atoms with Gasteiger partial charge in [-0.25, -0.2) is 19.4 Å². The van der Waals surface area contributed by atoms with Gasteiger partial charge >= 0.3 is 12.1 Å². The van der Waals surface area contributed by atoms with E-state index in [1.54, 1.807) is 28.2 Å². The second kappa shape index (κ2) is 36.0. The first-order valence-electron chi connectivity index (χ1n) is 5.28. The summed E-state index contributed by atoms with van der Waals surface area (Å²) in [7, 11) is 7.66. The first kappa shape index (κ1) is 30.2. The van der Waals surface area contributed by atoms with Crippen molar-refractivity contribution in [1.29, 1.82) is 0 Å². The quantitative estimate of drug-likeness (QED) is 0.387.